The van der Waals surface area contributed by atoms with Gasteiger partial charge >= 0.3 is 0 Å². The average molecular weight is 578 g/mol. The number of Topliss-reactive ketones (excluding diaryl/α,β-unsaturated/α-hetero) is 1. The van der Waals surface area contributed by atoms with Gasteiger partial charge in [0.05, 0.1) is 29.5 Å². The summed E-state index contributed by atoms with van der Waals surface area (Å²) >= 11 is 0. The number of allylic oxidation sites excluding steroid dienone is 5. The van der Waals surface area contributed by atoms with Gasteiger partial charge in [0, 0.05) is 25.2 Å². The summed E-state index contributed by atoms with van der Waals surface area (Å²) < 4.78 is 5.10. The van der Waals surface area contributed by atoms with Gasteiger partial charge < -0.3 is 14.5 Å². The molecular formula is C35H51N3O4. The summed E-state index contributed by atoms with van der Waals surface area (Å²) in [5, 5.41) is 11.4. The first-order valence-corrected chi connectivity index (χ1v) is 16.2. The van der Waals surface area contributed by atoms with Crippen molar-refractivity contribution in [2.75, 3.05) is 30.5 Å². The van der Waals surface area contributed by atoms with Gasteiger partial charge in [-0.15, -0.1) is 0 Å². The van der Waals surface area contributed by atoms with Crippen LogP contribution >= 0.6 is 0 Å². The Hall–Kier alpha value is -3.35. The summed E-state index contributed by atoms with van der Waals surface area (Å²) in [5.41, 5.74) is 2.32. The molecule has 1 aliphatic heterocycles. The molecule has 1 aromatic carbocycles. The highest BCUT2D eigenvalue weighted by Gasteiger charge is 2.29. The first-order valence-electron chi connectivity index (χ1n) is 16.2. The molecule has 3 rings (SSSR count). The Morgan fingerprint density at radius 1 is 0.786 bits per heavy atom. The van der Waals surface area contributed by atoms with Crippen LogP contribution in [0.2, 0.25) is 0 Å². The highest BCUT2D eigenvalue weighted by Crippen LogP contribution is 2.40. The van der Waals surface area contributed by atoms with E-state index in [9.17, 15) is 14.9 Å². The number of carbonyl (C=O) groups excluding carboxylic acids is 1. The quantitative estimate of drug-likeness (QED) is 0.0665. The lowest BCUT2D eigenvalue weighted by Crippen LogP contribution is -2.26. The van der Waals surface area contributed by atoms with Gasteiger partial charge in [0.25, 0.3) is 5.70 Å². The Bertz CT molecular complexity index is 1150. The average Bonchev–Trinajstić information content (AvgIpc) is 3.26. The number of ketones is 1. The lowest BCUT2D eigenvalue weighted by molar-refractivity contribution is -0.419. The Labute approximate surface area is 253 Å². The minimum Gasteiger partial charge on any atom is -0.492 e. The normalized spacial score (nSPS) is 16.7. The molecule has 0 spiro atoms. The van der Waals surface area contributed by atoms with E-state index in [1.54, 1.807) is 6.08 Å². The standard InChI is InChI=1S/C35H51N3O4/c1-4-5-6-7-8-9-10-11-12-13-14-15-16-17-18-21-26-37-32-23-20-19-22-31(32)36(2)34(37)25-24-29-27-30(38(40)41)28-33(42-3)35(29)39/h19-20,22-25,27-28H,4-18,21,26H2,1-3H3/b29-24+,34-25+. The van der Waals surface area contributed by atoms with E-state index in [1.807, 2.05) is 25.3 Å². The highest BCUT2D eigenvalue weighted by molar-refractivity contribution is 6.10. The molecule has 42 heavy (non-hydrogen) atoms. The number of para-hydroxylation sites is 2. The summed E-state index contributed by atoms with van der Waals surface area (Å²) in [6.07, 6.45) is 27.5. The number of carbonyl (C=O) groups is 1. The molecule has 0 fully saturated rings. The monoisotopic (exact) mass is 577 g/mol. The Morgan fingerprint density at radius 2 is 1.31 bits per heavy atom. The molecule has 0 bridgehead atoms. The summed E-state index contributed by atoms with van der Waals surface area (Å²) in [6.45, 7) is 3.15. The van der Waals surface area contributed by atoms with Crippen molar-refractivity contribution in [3.8, 4) is 0 Å². The van der Waals surface area contributed by atoms with Gasteiger partial charge in [0.2, 0.25) is 5.78 Å². The molecule has 0 N–H and O–H groups in total. The molecule has 0 radical (unpaired) electrons. The molecule has 0 saturated carbocycles. The van der Waals surface area contributed by atoms with Crippen molar-refractivity contribution in [1.82, 2.24) is 0 Å². The molecule has 0 aromatic heterocycles. The van der Waals surface area contributed by atoms with Gasteiger partial charge in [-0.05, 0) is 30.7 Å². The van der Waals surface area contributed by atoms with E-state index in [0.29, 0.717) is 0 Å². The van der Waals surface area contributed by atoms with E-state index in [-0.39, 0.29) is 22.8 Å². The number of nitro groups is 1. The summed E-state index contributed by atoms with van der Waals surface area (Å²) in [7, 11) is 3.36. The molecular weight excluding hydrogens is 526 g/mol. The zero-order valence-electron chi connectivity index (χ0n) is 26.1. The van der Waals surface area contributed by atoms with Crippen LogP contribution in [-0.2, 0) is 9.53 Å². The fraction of sp³-hybridized carbons (Fsp3) is 0.571. The van der Waals surface area contributed by atoms with Crippen molar-refractivity contribution in [3.05, 3.63) is 81.5 Å². The van der Waals surface area contributed by atoms with E-state index in [2.05, 4.69) is 28.9 Å². The van der Waals surface area contributed by atoms with Crippen LogP contribution in [0.3, 0.4) is 0 Å². The zero-order chi connectivity index (χ0) is 30.2. The minimum atomic E-state index is -0.506. The number of nitrogens with zero attached hydrogens (tertiary/aromatic N) is 3. The number of unbranched alkanes of at least 4 members (excludes halogenated alkanes) is 15. The molecule has 2 aliphatic rings. The third kappa shape index (κ3) is 9.88. The molecule has 230 valence electrons. The first-order chi connectivity index (χ1) is 20.5. The van der Waals surface area contributed by atoms with E-state index in [4.69, 9.17) is 4.74 Å². The third-order valence-corrected chi connectivity index (χ3v) is 8.30. The minimum absolute atomic E-state index is 0.0260. The van der Waals surface area contributed by atoms with Gasteiger partial charge in [-0.25, -0.2) is 0 Å². The summed E-state index contributed by atoms with van der Waals surface area (Å²) in [6, 6.07) is 8.28. The van der Waals surface area contributed by atoms with Gasteiger partial charge in [-0.1, -0.05) is 115 Å². The maximum Gasteiger partial charge on any atom is 0.274 e. The second kappa shape index (κ2) is 18.2. The smallest absolute Gasteiger partial charge is 0.274 e. The number of benzene rings is 1. The van der Waals surface area contributed by atoms with Gasteiger partial charge in [0.1, 0.15) is 5.82 Å². The van der Waals surface area contributed by atoms with Crippen LogP contribution in [-0.4, -0.2) is 31.4 Å². The number of rotatable bonds is 20. The van der Waals surface area contributed by atoms with Crippen molar-refractivity contribution in [1.29, 1.82) is 0 Å². The predicted molar refractivity (Wildman–Crippen MR) is 173 cm³/mol. The fourth-order valence-corrected chi connectivity index (χ4v) is 5.81. The van der Waals surface area contributed by atoms with Crippen LogP contribution in [0.15, 0.2) is 71.4 Å². The molecule has 0 atom stereocenters. The molecule has 0 amide bonds. The molecule has 0 saturated heterocycles. The highest BCUT2D eigenvalue weighted by atomic mass is 16.6. The first kappa shape index (κ1) is 33.2. The van der Waals surface area contributed by atoms with Gasteiger partial charge in [-0.2, -0.15) is 0 Å². The molecule has 1 aliphatic carbocycles. The van der Waals surface area contributed by atoms with Crippen LogP contribution in [0.1, 0.15) is 110 Å². The zero-order valence-corrected chi connectivity index (χ0v) is 26.1. The number of ether oxygens (including phenoxy) is 1. The number of methoxy groups -OCH3 is 1. The number of hydrogen-bond acceptors (Lipinski definition) is 6. The Kier molecular flexibility index (Phi) is 14.4. The van der Waals surface area contributed by atoms with Crippen LogP contribution in [0.5, 0.6) is 0 Å². The number of anilines is 2. The van der Waals surface area contributed by atoms with E-state index >= 15 is 0 Å². The Balaban J connectivity index is 1.44. The predicted octanol–water partition coefficient (Wildman–Crippen LogP) is 9.25. The largest absolute Gasteiger partial charge is 0.492 e. The summed E-state index contributed by atoms with van der Waals surface area (Å²) in [5.74, 6) is 0.562. The topological polar surface area (TPSA) is 75.9 Å². The van der Waals surface area contributed by atoms with Crippen molar-refractivity contribution < 1.29 is 14.5 Å². The number of fused-ring (bicyclic) bond motifs is 1. The van der Waals surface area contributed by atoms with E-state index in [1.165, 1.54) is 116 Å². The SMILES string of the molecule is CCCCCCCCCCCCCCCCCCN1/C(=C/C=C2\C=C([N+](=O)[O-])C=C(OC)C2=O)N(C)c2ccccc21. The van der Waals surface area contributed by atoms with E-state index in [0.717, 1.165) is 30.2 Å². The molecule has 7 nitrogen and oxygen atoms in total. The lowest BCUT2D eigenvalue weighted by Gasteiger charge is -2.23. The van der Waals surface area contributed by atoms with Gasteiger partial charge in [0.15, 0.2) is 5.76 Å². The fourth-order valence-electron chi connectivity index (χ4n) is 5.81. The maximum absolute atomic E-state index is 12.8. The number of hydrogen-bond donors (Lipinski definition) is 0. The van der Waals surface area contributed by atoms with E-state index < -0.39 is 4.92 Å². The molecule has 7 heteroatoms. The third-order valence-electron chi connectivity index (χ3n) is 8.30. The second-order valence-corrected chi connectivity index (χ2v) is 11.5. The van der Waals surface area contributed by atoms with Gasteiger partial charge in [-0.3, -0.25) is 14.9 Å². The van der Waals surface area contributed by atoms with Crippen molar-refractivity contribution in [2.24, 2.45) is 0 Å². The van der Waals surface area contributed by atoms with Crippen molar-refractivity contribution in [2.45, 2.75) is 110 Å². The summed E-state index contributed by atoms with van der Waals surface area (Å²) in [4.78, 5) is 28.0. The lowest BCUT2D eigenvalue weighted by atomic mass is 10.0. The van der Waals surface area contributed by atoms with Crippen LogP contribution in [0.4, 0.5) is 11.4 Å². The maximum atomic E-state index is 12.8. The van der Waals surface area contributed by atoms with Crippen molar-refractivity contribution in [3.63, 3.8) is 0 Å². The Morgan fingerprint density at radius 3 is 1.83 bits per heavy atom. The molecule has 1 heterocycles. The van der Waals surface area contributed by atoms with Crippen LogP contribution in [0, 0.1) is 10.1 Å². The van der Waals surface area contributed by atoms with Crippen LogP contribution < -0.4 is 9.80 Å². The van der Waals surface area contributed by atoms with Crippen LogP contribution in [0.25, 0.3) is 0 Å². The molecule has 0 unspecified atom stereocenters. The van der Waals surface area contributed by atoms with Crippen molar-refractivity contribution >= 4 is 17.2 Å². The molecule has 1 aromatic rings. The second-order valence-electron chi connectivity index (χ2n) is 11.5.